The maximum Gasteiger partial charge on any atom is -0.00201 e. The lowest BCUT2D eigenvalue weighted by Gasteiger charge is -2.19. The molecule has 0 atom stereocenters. The van der Waals surface area contributed by atoms with Crippen LogP contribution < -0.4 is 0 Å². The number of hydrogen-bond acceptors (Lipinski definition) is 0. The lowest BCUT2D eigenvalue weighted by atomic mass is 9.84. The van der Waals surface area contributed by atoms with Gasteiger partial charge in [0.05, 0.1) is 0 Å². The topological polar surface area (TPSA) is 0 Å². The van der Waals surface area contributed by atoms with Crippen LogP contribution in [0.1, 0.15) is 0 Å². The Bertz CT molecular complexity index is 5430. The van der Waals surface area contributed by atoms with E-state index in [9.17, 15) is 0 Å². The minimum Gasteiger partial charge on any atom is -0.0616 e. The Morgan fingerprint density at radius 2 is 0.372 bits per heavy atom. The van der Waals surface area contributed by atoms with Crippen molar-refractivity contribution < 1.29 is 0 Å². The molecule has 0 N–H and O–H groups in total. The SMILES string of the molecule is c1ccc2c(-c3ccc(-c4c5ccccc5c(-c5ccc(-c6cccc7c(-c8cccc9ccc(-c%10ccc(-c%11c%12ccccc%12c(-c%12cccc%13ccccc%12%13)c%12ccccc%11%12)cc%10)cc89)cccc67)cc5)c5ccccc45)cc3)cccc2c1. The van der Waals surface area contributed by atoms with Gasteiger partial charge in [-0.2, -0.15) is 0 Å². The molecular weight excluding hydrogens is 1030 g/mol. The summed E-state index contributed by atoms with van der Waals surface area (Å²) in [5, 5.41) is 20.0. The van der Waals surface area contributed by atoms with Gasteiger partial charge in [-0.3, -0.25) is 0 Å². The zero-order chi connectivity index (χ0) is 56.7. The molecule has 0 aliphatic heterocycles. The van der Waals surface area contributed by atoms with Crippen molar-refractivity contribution in [3.63, 3.8) is 0 Å². The summed E-state index contributed by atoms with van der Waals surface area (Å²) < 4.78 is 0. The van der Waals surface area contributed by atoms with Crippen molar-refractivity contribution in [1.82, 2.24) is 0 Å². The highest BCUT2D eigenvalue weighted by atomic mass is 14.2. The Balaban J connectivity index is 0.712. The Morgan fingerprint density at radius 3 is 0.814 bits per heavy atom. The lowest BCUT2D eigenvalue weighted by Crippen LogP contribution is -1.91. The molecule has 0 aliphatic carbocycles. The maximum absolute atomic E-state index is 2.40. The van der Waals surface area contributed by atoms with Crippen molar-refractivity contribution in [3.05, 3.63) is 328 Å². The molecule has 0 radical (unpaired) electrons. The van der Waals surface area contributed by atoms with Gasteiger partial charge >= 0.3 is 0 Å². The van der Waals surface area contributed by atoms with Crippen LogP contribution in [0.3, 0.4) is 0 Å². The molecule has 0 aliphatic rings. The van der Waals surface area contributed by atoms with Gasteiger partial charge in [-0.15, -0.1) is 0 Å². The summed E-state index contributed by atoms with van der Waals surface area (Å²) in [4.78, 5) is 0. The molecule has 0 saturated carbocycles. The molecule has 0 saturated heterocycles. The predicted octanol–water partition coefficient (Wildman–Crippen LogP) is 24.2. The van der Waals surface area contributed by atoms with Crippen LogP contribution in [0, 0.1) is 0 Å². The molecule has 398 valence electrons. The zero-order valence-corrected chi connectivity index (χ0v) is 47.2. The van der Waals surface area contributed by atoms with Gasteiger partial charge in [-0.05, 0) is 181 Å². The van der Waals surface area contributed by atoms with Crippen LogP contribution in [-0.2, 0) is 0 Å². The zero-order valence-electron chi connectivity index (χ0n) is 47.2. The second kappa shape index (κ2) is 20.3. The Morgan fingerprint density at radius 1 is 0.116 bits per heavy atom. The van der Waals surface area contributed by atoms with E-state index in [0.717, 1.165) is 0 Å². The Hall–Kier alpha value is -11.2. The summed E-state index contributed by atoms with van der Waals surface area (Å²) in [6, 6.07) is 122. The molecule has 0 heterocycles. The molecule has 17 rings (SSSR count). The van der Waals surface area contributed by atoms with Crippen LogP contribution in [0.15, 0.2) is 328 Å². The Labute approximate surface area is 499 Å². The van der Waals surface area contributed by atoms with Crippen molar-refractivity contribution in [1.29, 1.82) is 0 Å². The second-order valence-electron chi connectivity index (χ2n) is 22.9. The fourth-order valence-corrected chi connectivity index (χ4v) is 14.3. The Kier molecular flexibility index (Phi) is 11.7. The molecule has 0 heteroatoms. The third kappa shape index (κ3) is 8.06. The fourth-order valence-electron chi connectivity index (χ4n) is 14.3. The molecule has 0 amide bonds. The van der Waals surface area contributed by atoms with Crippen LogP contribution in [0.4, 0.5) is 0 Å². The number of benzene rings is 17. The first-order valence-electron chi connectivity index (χ1n) is 29.9. The molecule has 0 spiro atoms. The van der Waals surface area contributed by atoms with E-state index in [2.05, 4.69) is 328 Å². The summed E-state index contributed by atoms with van der Waals surface area (Å²) in [5.41, 5.74) is 19.7. The first-order chi connectivity index (χ1) is 42.7. The van der Waals surface area contributed by atoms with Crippen molar-refractivity contribution >= 4 is 86.2 Å². The van der Waals surface area contributed by atoms with Crippen molar-refractivity contribution in [2.75, 3.05) is 0 Å². The van der Waals surface area contributed by atoms with E-state index in [1.54, 1.807) is 0 Å². The molecule has 0 bridgehead atoms. The van der Waals surface area contributed by atoms with Crippen molar-refractivity contribution in [2.24, 2.45) is 0 Å². The van der Waals surface area contributed by atoms with E-state index in [4.69, 9.17) is 0 Å². The third-order valence-corrected chi connectivity index (χ3v) is 18.3. The standard InChI is InChI=1S/C86H54/c1-3-23-65-56(18-1)20-13-33-66(65)59-42-49-62(50-43-59)83-74-25-5-7-27-76(74)84(77-28-8-6-26-75(77)83)63-51-44-60(45-52-63)67-34-16-37-70-69(67)36-17-38-71(70)72-35-14-22-58-46-53-64(54-82(58)72)55-40-47-61(48-41-55)85-78-29-9-11-31-80(78)86(81-32-12-10-30-79(81)85)73-39-15-21-57-19-2-4-24-68(57)73/h1-54H. The van der Waals surface area contributed by atoms with E-state index in [1.807, 2.05) is 0 Å². The van der Waals surface area contributed by atoms with Gasteiger partial charge in [0.25, 0.3) is 0 Å². The molecule has 0 nitrogen and oxygen atoms in total. The quantitative estimate of drug-likeness (QED) is 0.133. The molecule has 17 aromatic rings. The summed E-state index contributed by atoms with van der Waals surface area (Å²) in [6.45, 7) is 0. The highest BCUT2D eigenvalue weighted by Crippen LogP contribution is 2.48. The number of fused-ring (bicyclic) bond motifs is 8. The van der Waals surface area contributed by atoms with E-state index < -0.39 is 0 Å². The van der Waals surface area contributed by atoms with Gasteiger partial charge < -0.3 is 0 Å². The van der Waals surface area contributed by atoms with Gasteiger partial charge in [0.15, 0.2) is 0 Å². The normalized spacial score (nSPS) is 11.7. The number of rotatable bonds is 8. The van der Waals surface area contributed by atoms with Crippen LogP contribution in [-0.4, -0.2) is 0 Å². The van der Waals surface area contributed by atoms with Gasteiger partial charge in [-0.1, -0.05) is 322 Å². The molecule has 17 aromatic carbocycles. The summed E-state index contributed by atoms with van der Waals surface area (Å²) in [6.07, 6.45) is 0. The van der Waals surface area contributed by atoms with Gasteiger partial charge in [0, 0.05) is 0 Å². The summed E-state index contributed by atoms with van der Waals surface area (Å²) >= 11 is 0. The first-order valence-corrected chi connectivity index (χ1v) is 29.9. The number of hydrogen-bond donors (Lipinski definition) is 0. The van der Waals surface area contributed by atoms with Crippen molar-refractivity contribution in [3.8, 4) is 89.0 Å². The van der Waals surface area contributed by atoms with E-state index in [0.29, 0.717) is 0 Å². The highest BCUT2D eigenvalue weighted by Gasteiger charge is 2.21. The fraction of sp³-hybridized carbons (Fsp3) is 0. The monoisotopic (exact) mass is 1090 g/mol. The molecular formula is C86H54. The van der Waals surface area contributed by atoms with Gasteiger partial charge in [-0.25, -0.2) is 0 Å². The molecule has 0 unspecified atom stereocenters. The van der Waals surface area contributed by atoms with Crippen LogP contribution in [0.2, 0.25) is 0 Å². The largest absolute Gasteiger partial charge is 0.0616 e. The van der Waals surface area contributed by atoms with Crippen LogP contribution >= 0.6 is 0 Å². The minimum absolute atomic E-state index is 1.19. The molecule has 86 heavy (non-hydrogen) atoms. The average Bonchev–Trinajstić information content (AvgIpc) is 1.34. The molecule has 0 aromatic heterocycles. The van der Waals surface area contributed by atoms with Gasteiger partial charge in [0.2, 0.25) is 0 Å². The van der Waals surface area contributed by atoms with Crippen LogP contribution in [0.5, 0.6) is 0 Å². The van der Waals surface area contributed by atoms with E-state index >= 15 is 0 Å². The smallest absolute Gasteiger partial charge is 0.00201 e. The third-order valence-electron chi connectivity index (χ3n) is 18.3. The van der Waals surface area contributed by atoms with Gasteiger partial charge in [0.1, 0.15) is 0 Å². The maximum atomic E-state index is 2.40. The van der Waals surface area contributed by atoms with E-state index in [-0.39, 0.29) is 0 Å². The lowest BCUT2D eigenvalue weighted by molar-refractivity contribution is 1.62. The van der Waals surface area contributed by atoms with E-state index in [1.165, 1.54) is 175 Å². The highest BCUT2D eigenvalue weighted by molar-refractivity contribution is 6.24. The predicted molar refractivity (Wildman–Crippen MR) is 370 cm³/mol. The molecule has 0 fully saturated rings. The van der Waals surface area contributed by atoms with Crippen LogP contribution in [0.25, 0.3) is 175 Å². The second-order valence-corrected chi connectivity index (χ2v) is 22.9. The van der Waals surface area contributed by atoms with Crippen molar-refractivity contribution in [2.45, 2.75) is 0 Å². The summed E-state index contributed by atoms with van der Waals surface area (Å²) in [5.74, 6) is 0. The average molecular weight is 1090 g/mol. The first kappa shape index (κ1) is 49.4. The summed E-state index contributed by atoms with van der Waals surface area (Å²) in [7, 11) is 0. The minimum atomic E-state index is 1.19.